The molecule has 2 aromatic rings. The normalized spacial score (nSPS) is 12.0. The average molecular weight is 450 g/mol. The van der Waals surface area contributed by atoms with E-state index in [1.165, 1.54) is 0 Å². The van der Waals surface area contributed by atoms with Crippen LogP contribution in [-0.2, 0) is 11.3 Å². The minimum atomic E-state index is -0.607. The molecule has 31 heavy (non-hydrogen) atoms. The van der Waals surface area contributed by atoms with Crippen molar-refractivity contribution in [2.45, 2.75) is 45.9 Å². The lowest BCUT2D eigenvalue weighted by atomic mass is 10.1. The molecular weight excluding hydrogens is 422 g/mol. The Labute approximate surface area is 187 Å². The zero-order valence-corrected chi connectivity index (χ0v) is 19.3. The van der Waals surface area contributed by atoms with Gasteiger partial charge in [0.1, 0.15) is 27.9 Å². The number of amides is 2. The van der Waals surface area contributed by atoms with Crippen LogP contribution in [0.1, 0.15) is 55.4 Å². The molecule has 1 atom stereocenters. The summed E-state index contributed by atoms with van der Waals surface area (Å²) in [5.74, 6) is 0.828. The number of ether oxygens (including phenoxy) is 3. The highest BCUT2D eigenvalue weighted by molar-refractivity contribution is 6.29. The highest BCUT2D eigenvalue weighted by Crippen LogP contribution is 2.26. The van der Waals surface area contributed by atoms with E-state index < -0.39 is 17.6 Å². The summed E-state index contributed by atoms with van der Waals surface area (Å²) in [4.78, 5) is 28.7. The van der Waals surface area contributed by atoms with Gasteiger partial charge in [0.25, 0.3) is 5.91 Å². The maximum absolute atomic E-state index is 12.8. The summed E-state index contributed by atoms with van der Waals surface area (Å²) in [7, 11) is 3.12. The number of nitrogens with one attached hydrogen (secondary N) is 2. The second-order valence-electron chi connectivity index (χ2n) is 7.88. The lowest BCUT2D eigenvalue weighted by molar-refractivity contribution is 0.0523. The number of hydrogen-bond acceptors (Lipinski definition) is 6. The van der Waals surface area contributed by atoms with Crippen LogP contribution < -0.4 is 20.1 Å². The molecule has 0 saturated heterocycles. The number of aromatic nitrogens is 1. The van der Waals surface area contributed by atoms with Crippen molar-refractivity contribution < 1.29 is 23.8 Å². The summed E-state index contributed by atoms with van der Waals surface area (Å²) >= 11 is 6.08. The quantitative estimate of drug-likeness (QED) is 0.612. The van der Waals surface area contributed by atoms with E-state index in [-0.39, 0.29) is 23.4 Å². The summed E-state index contributed by atoms with van der Waals surface area (Å²) in [6, 6.07) is 8.18. The maximum Gasteiger partial charge on any atom is 0.407 e. The molecule has 0 aliphatic rings. The fraction of sp³-hybridized carbons (Fsp3) is 0.409. The molecule has 0 saturated carbocycles. The van der Waals surface area contributed by atoms with Crippen LogP contribution in [0.5, 0.6) is 11.5 Å². The summed E-state index contributed by atoms with van der Waals surface area (Å²) in [6.07, 6.45) is -0.563. The number of methoxy groups -OCH3 is 2. The van der Waals surface area contributed by atoms with Crippen LogP contribution >= 0.6 is 11.6 Å². The van der Waals surface area contributed by atoms with E-state index in [2.05, 4.69) is 15.6 Å². The molecule has 1 unspecified atom stereocenters. The van der Waals surface area contributed by atoms with Crippen molar-refractivity contribution in [2.24, 2.45) is 0 Å². The monoisotopic (exact) mass is 449 g/mol. The molecule has 2 N–H and O–H groups in total. The number of carbonyl (C=O) groups excluding carboxylic acids is 2. The first-order valence-corrected chi connectivity index (χ1v) is 10.1. The molecule has 0 aliphatic heterocycles. The number of benzene rings is 1. The Morgan fingerprint density at radius 3 is 2.23 bits per heavy atom. The van der Waals surface area contributed by atoms with E-state index in [9.17, 15) is 9.59 Å². The van der Waals surface area contributed by atoms with Gasteiger partial charge < -0.3 is 24.8 Å². The average Bonchev–Trinajstić information content (AvgIpc) is 2.70. The van der Waals surface area contributed by atoms with E-state index in [1.807, 2.05) is 19.1 Å². The Hall–Kier alpha value is -3.00. The van der Waals surface area contributed by atoms with Gasteiger partial charge >= 0.3 is 6.09 Å². The van der Waals surface area contributed by atoms with Crippen molar-refractivity contribution in [1.29, 1.82) is 0 Å². The molecular formula is C22H28ClN3O5. The lowest BCUT2D eigenvalue weighted by Crippen LogP contribution is -2.32. The Morgan fingerprint density at radius 2 is 1.68 bits per heavy atom. The lowest BCUT2D eigenvalue weighted by Gasteiger charge is -2.19. The van der Waals surface area contributed by atoms with E-state index >= 15 is 0 Å². The van der Waals surface area contributed by atoms with Crippen molar-refractivity contribution in [2.75, 3.05) is 14.2 Å². The molecule has 2 rings (SSSR count). The molecule has 0 spiro atoms. The van der Waals surface area contributed by atoms with Gasteiger partial charge in [0.15, 0.2) is 0 Å². The second-order valence-corrected chi connectivity index (χ2v) is 8.27. The van der Waals surface area contributed by atoms with Gasteiger partial charge in [-0.25, -0.2) is 9.78 Å². The summed E-state index contributed by atoms with van der Waals surface area (Å²) < 4.78 is 15.8. The third-order valence-electron chi connectivity index (χ3n) is 4.14. The van der Waals surface area contributed by atoms with Crippen LogP contribution in [0.2, 0.25) is 5.15 Å². The number of pyridine rings is 1. The van der Waals surface area contributed by atoms with Gasteiger partial charge in [-0.2, -0.15) is 0 Å². The van der Waals surface area contributed by atoms with Crippen LogP contribution in [-0.4, -0.2) is 36.8 Å². The van der Waals surface area contributed by atoms with E-state index in [4.69, 9.17) is 25.8 Å². The smallest absolute Gasteiger partial charge is 0.407 e. The molecule has 1 heterocycles. The summed E-state index contributed by atoms with van der Waals surface area (Å²) in [5, 5.41) is 5.66. The minimum absolute atomic E-state index is 0.134. The van der Waals surface area contributed by atoms with Crippen LogP contribution in [0.15, 0.2) is 30.3 Å². The first-order valence-electron chi connectivity index (χ1n) is 9.68. The number of hydrogen-bond donors (Lipinski definition) is 2. The van der Waals surface area contributed by atoms with Crippen molar-refractivity contribution in [3.8, 4) is 11.5 Å². The molecule has 168 valence electrons. The standard InChI is InChI=1S/C22H28ClN3O5/c1-13(15-9-16(29-5)11-17(10-15)30-6)25-20(27)18-7-14(8-19(23)26-18)12-24-21(28)31-22(2,3)4/h7-11,13H,12H2,1-6H3,(H,24,28)(H,25,27). The van der Waals surface area contributed by atoms with E-state index in [0.29, 0.717) is 17.1 Å². The van der Waals surface area contributed by atoms with Crippen molar-refractivity contribution in [3.05, 3.63) is 52.3 Å². The first-order chi connectivity index (χ1) is 14.5. The van der Waals surface area contributed by atoms with Crippen molar-refractivity contribution in [1.82, 2.24) is 15.6 Å². The molecule has 1 aromatic heterocycles. The van der Waals surface area contributed by atoms with Gasteiger partial charge in [0.05, 0.1) is 20.3 Å². The molecule has 0 bridgehead atoms. The number of rotatable bonds is 7. The number of alkyl carbamates (subject to hydrolysis) is 1. The molecule has 9 heteroatoms. The highest BCUT2D eigenvalue weighted by atomic mass is 35.5. The Balaban J connectivity index is 2.10. The predicted molar refractivity (Wildman–Crippen MR) is 118 cm³/mol. The van der Waals surface area contributed by atoms with Gasteiger partial charge in [0.2, 0.25) is 0 Å². The summed E-state index contributed by atoms with van der Waals surface area (Å²) in [6.45, 7) is 7.30. The fourth-order valence-electron chi connectivity index (χ4n) is 2.69. The van der Waals surface area contributed by atoms with Gasteiger partial charge in [-0.15, -0.1) is 0 Å². The third kappa shape index (κ3) is 7.64. The largest absolute Gasteiger partial charge is 0.497 e. The van der Waals surface area contributed by atoms with Crippen LogP contribution in [0, 0.1) is 0 Å². The zero-order valence-electron chi connectivity index (χ0n) is 18.5. The number of nitrogens with zero attached hydrogens (tertiary/aromatic N) is 1. The molecule has 0 aliphatic carbocycles. The minimum Gasteiger partial charge on any atom is -0.497 e. The first kappa shape index (κ1) is 24.3. The summed E-state index contributed by atoms with van der Waals surface area (Å²) in [5.41, 5.74) is 0.949. The number of halogens is 1. The van der Waals surface area contributed by atoms with Gasteiger partial charge in [-0.1, -0.05) is 11.6 Å². The zero-order chi connectivity index (χ0) is 23.2. The van der Waals surface area contributed by atoms with Gasteiger partial charge in [-0.05, 0) is 63.1 Å². The van der Waals surface area contributed by atoms with E-state index in [1.54, 1.807) is 53.2 Å². The fourth-order valence-corrected chi connectivity index (χ4v) is 2.92. The maximum atomic E-state index is 12.8. The van der Waals surface area contributed by atoms with Crippen molar-refractivity contribution in [3.63, 3.8) is 0 Å². The van der Waals surface area contributed by atoms with Crippen LogP contribution in [0.25, 0.3) is 0 Å². The Morgan fingerprint density at radius 1 is 1.06 bits per heavy atom. The topological polar surface area (TPSA) is 98.8 Å². The molecule has 2 amide bonds. The molecule has 1 aromatic carbocycles. The SMILES string of the molecule is COc1cc(OC)cc(C(C)NC(=O)c2cc(CNC(=O)OC(C)(C)C)cc(Cl)n2)c1. The van der Waals surface area contributed by atoms with Crippen molar-refractivity contribution >= 4 is 23.6 Å². The Kier molecular flexibility index (Phi) is 8.10. The molecule has 8 nitrogen and oxygen atoms in total. The number of carbonyl (C=O) groups is 2. The highest BCUT2D eigenvalue weighted by Gasteiger charge is 2.18. The second kappa shape index (κ2) is 10.3. The van der Waals surface area contributed by atoms with Gasteiger partial charge in [-0.3, -0.25) is 4.79 Å². The predicted octanol–water partition coefficient (Wildman–Crippen LogP) is 4.27. The molecule has 0 radical (unpaired) electrons. The Bertz CT molecular complexity index is 921. The third-order valence-corrected chi connectivity index (χ3v) is 4.34. The van der Waals surface area contributed by atoms with E-state index in [0.717, 1.165) is 5.56 Å². The van der Waals surface area contributed by atoms with Crippen LogP contribution in [0.3, 0.4) is 0 Å². The molecule has 0 fully saturated rings. The van der Waals surface area contributed by atoms with Crippen LogP contribution in [0.4, 0.5) is 4.79 Å². The van der Waals surface area contributed by atoms with Gasteiger partial charge in [0, 0.05) is 12.6 Å².